The molecule has 7 nitrogen and oxygen atoms in total. The zero-order valence-electron chi connectivity index (χ0n) is 26.9. The Kier molecular flexibility index (Phi) is 9.81. The zero-order chi connectivity index (χ0) is 29.3. The van der Waals surface area contributed by atoms with E-state index in [9.17, 15) is 9.59 Å². The highest BCUT2D eigenvalue weighted by atomic mass is 16.7. The molecule has 2 aliphatic carbocycles. The van der Waals surface area contributed by atoms with Crippen molar-refractivity contribution in [2.24, 2.45) is 5.92 Å². The molecule has 0 atom stereocenters. The quantitative estimate of drug-likeness (QED) is 0.227. The number of piperidine rings is 2. The summed E-state index contributed by atoms with van der Waals surface area (Å²) >= 11 is 0. The van der Waals surface area contributed by atoms with Crippen molar-refractivity contribution in [1.82, 2.24) is 10.1 Å². The second kappa shape index (κ2) is 12.3. The Bertz CT molecular complexity index is 849. The number of nitrogens with zero attached hydrogens (tertiary/aromatic N) is 2. The Morgan fingerprint density at radius 3 is 1.35 bits per heavy atom. The van der Waals surface area contributed by atoms with Crippen LogP contribution >= 0.6 is 0 Å². The molecule has 2 saturated carbocycles. The van der Waals surface area contributed by atoms with Gasteiger partial charge in [-0.3, -0.25) is 19.3 Å². The van der Waals surface area contributed by atoms with Crippen LogP contribution < -0.4 is 0 Å². The number of hydrogen-bond donors (Lipinski definition) is 0. The molecule has 4 aliphatic rings. The minimum atomic E-state index is -0.389. The van der Waals surface area contributed by atoms with E-state index >= 15 is 0 Å². The van der Waals surface area contributed by atoms with E-state index in [1.165, 1.54) is 38.5 Å². The molecular formula is C33H58N2O5. The van der Waals surface area contributed by atoms with Crippen molar-refractivity contribution in [3.05, 3.63) is 0 Å². The number of ketones is 1. The lowest BCUT2D eigenvalue weighted by molar-refractivity contribution is -0.318. The number of Topliss-reactive ketones (excluding diaryl/α,β-unsaturated/α-hetero) is 1. The van der Waals surface area contributed by atoms with Crippen LogP contribution in [0.15, 0.2) is 0 Å². The van der Waals surface area contributed by atoms with Crippen LogP contribution in [0.2, 0.25) is 0 Å². The van der Waals surface area contributed by atoms with E-state index in [1.807, 2.05) is 0 Å². The number of carbonyl (C=O) groups is 2. The number of rotatable bonds is 8. The lowest BCUT2D eigenvalue weighted by Crippen LogP contribution is -2.63. The summed E-state index contributed by atoms with van der Waals surface area (Å²) in [5.41, 5.74) is -1.12. The fourth-order valence-electron chi connectivity index (χ4n) is 8.47. The van der Waals surface area contributed by atoms with E-state index < -0.39 is 0 Å². The molecule has 2 heterocycles. The highest BCUT2D eigenvalue weighted by Gasteiger charge is 2.51. The molecule has 0 unspecified atom stereocenters. The lowest BCUT2D eigenvalue weighted by Gasteiger charge is -2.55. The maximum atomic E-state index is 13.5. The summed E-state index contributed by atoms with van der Waals surface area (Å²) in [7, 11) is 0. The van der Waals surface area contributed by atoms with Crippen LogP contribution in [0.4, 0.5) is 0 Å². The topological polar surface area (TPSA) is 68.3 Å². The summed E-state index contributed by atoms with van der Waals surface area (Å²) in [6, 6.07) is 0. The number of hydroxylamine groups is 4. The normalized spacial score (nSPS) is 28.8. The molecule has 0 aromatic carbocycles. The maximum Gasteiger partial charge on any atom is 0.313 e. The van der Waals surface area contributed by atoms with Crippen molar-refractivity contribution in [3.8, 4) is 0 Å². The van der Waals surface area contributed by atoms with Gasteiger partial charge in [-0.1, -0.05) is 38.5 Å². The first-order valence-electron chi connectivity index (χ1n) is 16.3. The fourth-order valence-corrected chi connectivity index (χ4v) is 8.47. The Hall–Kier alpha value is -1.02. The number of ether oxygens (including phenoxy) is 1. The van der Waals surface area contributed by atoms with E-state index in [4.69, 9.17) is 14.4 Å². The van der Waals surface area contributed by atoms with Gasteiger partial charge in [0, 0.05) is 40.9 Å². The van der Waals surface area contributed by atoms with Crippen molar-refractivity contribution >= 4 is 11.8 Å². The predicted molar refractivity (Wildman–Crippen MR) is 157 cm³/mol. The SMILES string of the molecule is CC1(C)CC(OC(=O)CC(=O)C2CC(C)(C)N(OC3CCCCC3)C(C)(C)C2)CC(C)(C)N1OC1CCCCC1. The molecule has 2 saturated heterocycles. The first kappa shape index (κ1) is 31.9. The Morgan fingerprint density at radius 1 is 0.575 bits per heavy atom. The van der Waals surface area contributed by atoms with E-state index in [2.05, 4.69) is 65.5 Å². The van der Waals surface area contributed by atoms with Gasteiger partial charge in [-0.25, -0.2) is 0 Å². The molecular weight excluding hydrogens is 504 g/mol. The number of carbonyl (C=O) groups excluding carboxylic acids is 2. The summed E-state index contributed by atoms with van der Waals surface area (Å²) in [4.78, 5) is 39.7. The van der Waals surface area contributed by atoms with Crippen LogP contribution in [0.3, 0.4) is 0 Å². The molecule has 0 radical (unpaired) electrons. The van der Waals surface area contributed by atoms with Gasteiger partial charge in [-0.15, -0.1) is 0 Å². The molecule has 4 rings (SSSR count). The van der Waals surface area contributed by atoms with Crippen LogP contribution in [0, 0.1) is 5.92 Å². The van der Waals surface area contributed by atoms with Crippen LogP contribution in [-0.2, 0) is 24.0 Å². The second-order valence-electron chi connectivity index (χ2n) is 15.8. The van der Waals surface area contributed by atoms with E-state index in [0.29, 0.717) is 25.7 Å². The van der Waals surface area contributed by atoms with E-state index in [1.54, 1.807) is 0 Å². The third-order valence-corrected chi connectivity index (χ3v) is 9.83. The van der Waals surface area contributed by atoms with Crippen LogP contribution in [-0.4, -0.2) is 62.3 Å². The minimum absolute atomic E-state index is 0.0000505. The van der Waals surface area contributed by atoms with E-state index in [-0.39, 0.29) is 64.6 Å². The Labute approximate surface area is 243 Å². The Balaban J connectivity index is 1.32. The summed E-state index contributed by atoms with van der Waals surface area (Å²) in [5, 5.41) is 4.35. The van der Waals surface area contributed by atoms with Gasteiger partial charge >= 0.3 is 5.97 Å². The van der Waals surface area contributed by atoms with Gasteiger partial charge in [0.15, 0.2) is 0 Å². The monoisotopic (exact) mass is 562 g/mol. The van der Waals surface area contributed by atoms with Gasteiger partial charge in [-0.2, -0.15) is 10.1 Å². The highest BCUT2D eigenvalue weighted by molar-refractivity contribution is 5.97. The van der Waals surface area contributed by atoms with Gasteiger partial charge in [0.1, 0.15) is 18.3 Å². The maximum absolute atomic E-state index is 13.5. The molecule has 0 aromatic rings. The third-order valence-electron chi connectivity index (χ3n) is 9.83. The smallest absolute Gasteiger partial charge is 0.313 e. The van der Waals surface area contributed by atoms with Gasteiger partial charge in [0.25, 0.3) is 0 Å². The second-order valence-corrected chi connectivity index (χ2v) is 15.8. The largest absolute Gasteiger partial charge is 0.462 e. The average Bonchev–Trinajstić information content (AvgIpc) is 2.84. The summed E-state index contributed by atoms with van der Waals surface area (Å²) in [6.45, 7) is 17.4. The molecule has 230 valence electrons. The van der Waals surface area contributed by atoms with Crippen LogP contribution in [0.5, 0.6) is 0 Å². The van der Waals surface area contributed by atoms with E-state index in [0.717, 1.165) is 25.7 Å². The van der Waals surface area contributed by atoms with Crippen LogP contribution in [0.25, 0.3) is 0 Å². The summed E-state index contributed by atoms with van der Waals surface area (Å²) < 4.78 is 6.01. The van der Waals surface area contributed by atoms with Gasteiger partial charge in [0.2, 0.25) is 0 Å². The predicted octanol–water partition coefficient (Wildman–Crippen LogP) is 7.31. The van der Waals surface area contributed by atoms with Crippen LogP contribution in [0.1, 0.15) is 152 Å². The molecule has 7 heteroatoms. The van der Waals surface area contributed by atoms with Gasteiger partial charge in [0.05, 0.1) is 12.2 Å². The molecule has 40 heavy (non-hydrogen) atoms. The lowest BCUT2D eigenvalue weighted by atomic mass is 9.73. The molecule has 0 aromatic heterocycles. The van der Waals surface area contributed by atoms with Gasteiger partial charge in [-0.05, 0) is 93.9 Å². The van der Waals surface area contributed by atoms with Crippen molar-refractivity contribution in [1.29, 1.82) is 0 Å². The number of esters is 1. The molecule has 0 bridgehead atoms. The minimum Gasteiger partial charge on any atom is -0.462 e. The molecule has 2 aliphatic heterocycles. The summed E-state index contributed by atoms with van der Waals surface area (Å²) in [5.74, 6) is -0.567. The van der Waals surface area contributed by atoms with Crippen molar-refractivity contribution in [3.63, 3.8) is 0 Å². The third kappa shape index (κ3) is 7.67. The average molecular weight is 563 g/mol. The number of hydrogen-bond acceptors (Lipinski definition) is 7. The highest BCUT2D eigenvalue weighted by Crippen LogP contribution is 2.44. The first-order valence-corrected chi connectivity index (χ1v) is 16.3. The molecule has 0 amide bonds. The Morgan fingerprint density at radius 2 is 0.950 bits per heavy atom. The molecule has 0 spiro atoms. The standard InChI is InChI=1S/C33H58N2O5/c1-30(2)20-24(21-31(3,4)34(30)39-25-15-11-9-12-16-25)28(36)19-29(37)38-27-22-32(5,6)35(33(7,8)23-27)40-26-17-13-10-14-18-26/h24-27H,9-23H2,1-8H3. The first-order chi connectivity index (χ1) is 18.6. The van der Waals surface area contributed by atoms with Crippen molar-refractivity contribution < 1.29 is 24.0 Å². The fraction of sp³-hybridized carbons (Fsp3) is 0.939. The van der Waals surface area contributed by atoms with Crippen molar-refractivity contribution in [2.45, 2.75) is 192 Å². The summed E-state index contributed by atoms with van der Waals surface area (Å²) in [6.07, 6.45) is 14.9. The molecule has 0 N–H and O–H groups in total. The van der Waals surface area contributed by atoms with Crippen molar-refractivity contribution in [2.75, 3.05) is 0 Å². The van der Waals surface area contributed by atoms with Gasteiger partial charge < -0.3 is 4.74 Å². The zero-order valence-corrected chi connectivity index (χ0v) is 26.9. The molecule has 4 fully saturated rings.